The maximum absolute atomic E-state index is 13.0. The van der Waals surface area contributed by atoms with E-state index in [0.717, 1.165) is 21.6 Å². The fourth-order valence-corrected chi connectivity index (χ4v) is 3.82. The van der Waals surface area contributed by atoms with Gasteiger partial charge < -0.3 is 5.32 Å². The van der Waals surface area contributed by atoms with E-state index in [2.05, 4.69) is 15.7 Å². The van der Waals surface area contributed by atoms with Crippen molar-refractivity contribution in [3.8, 4) is 0 Å². The van der Waals surface area contributed by atoms with Gasteiger partial charge in [-0.3, -0.25) is 19.4 Å². The molecule has 9 heteroatoms. The summed E-state index contributed by atoms with van der Waals surface area (Å²) in [5.41, 5.74) is 3.30. The molecule has 1 saturated heterocycles. The third kappa shape index (κ3) is 3.78. The molecule has 8 nitrogen and oxygen atoms in total. The smallest absolute Gasteiger partial charge is 0.263 e. The van der Waals surface area contributed by atoms with Crippen LogP contribution in [0.5, 0.6) is 0 Å². The minimum Gasteiger partial charge on any atom is -0.350 e. The first-order chi connectivity index (χ1) is 14.3. The Balaban J connectivity index is 1.44. The Labute approximate surface area is 178 Å². The number of halogens is 1. The highest BCUT2D eigenvalue weighted by atomic mass is 35.5. The van der Waals surface area contributed by atoms with Crippen LogP contribution < -0.4 is 10.2 Å². The van der Waals surface area contributed by atoms with Crippen molar-refractivity contribution in [1.82, 2.24) is 10.3 Å². The number of anilines is 1. The molecule has 3 amide bonds. The summed E-state index contributed by atoms with van der Waals surface area (Å²) in [5, 5.41) is 12.5. The first-order valence-electron chi connectivity index (χ1n) is 9.48. The SMILES string of the molecule is Cc1cc(C)cc(N2C(=O)[C@@H]3N=NN(CC(=O)NCc4ccc(Cl)cc4)[C@H]3C2=O)c1. The van der Waals surface area contributed by atoms with E-state index in [-0.39, 0.29) is 12.5 Å². The van der Waals surface area contributed by atoms with E-state index in [1.54, 1.807) is 24.3 Å². The summed E-state index contributed by atoms with van der Waals surface area (Å²) in [5.74, 6) is -1.18. The summed E-state index contributed by atoms with van der Waals surface area (Å²) in [6, 6.07) is 10.8. The van der Waals surface area contributed by atoms with Crippen LogP contribution in [0.25, 0.3) is 0 Å². The Kier molecular flexibility index (Phi) is 5.26. The van der Waals surface area contributed by atoms with Gasteiger partial charge in [-0.25, -0.2) is 4.90 Å². The van der Waals surface area contributed by atoms with E-state index in [9.17, 15) is 14.4 Å². The van der Waals surface area contributed by atoms with E-state index < -0.39 is 23.9 Å². The zero-order chi connectivity index (χ0) is 21.4. The normalized spacial score (nSPS) is 20.1. The highest BCUT2D eigenvalue weighted by Crippen LogP contribution is 2.32. The van der Waals surface area contributed by atoms with Crippen molar-refractivity contribution < 1.29 is 14.4 Å². The van der Waals surface area contributed by atoms with Crippen LogP contribution >= 0.6 is 11.6 Å². The molecule has 1 fully saturated rings. The maximum atomic E-state index is 13.0. The van der Waals surface area contributed by atoms with Crippen molar-refractivity contribution in [2.24, 2.45) is 10.3 Å². The molecular weight excluding hydrogens is 406 g/mol. The number of hydrogen-bond acceptors (Lipinski definition) is 6. The van der Waals surface area contributed by atoms with Crippen LogP contribution in [0.4, 0.5) is 5.69 Å². The van der Waals surface area contributed by atoms with Gasteiger partial charge >= 0.3 is 0 Å². The Morgan fingerprint density at radius 1 is 1.07 bits per heavy atom. The highest BCUT2D eigenvalue weighted by molar-refractivity contribution is 6.30. The van der Waals surface area contributed by atoms with Crippen molar-refractivity contribution in [1.29, 1.82) is 0 Å². The minimum absolute atomic E-state index is 0.169. The van der Waals surface area contributed by atoms with Crippen LogP contribution in [0.3, 0.4) is 0 Å². The standard InChI is InChI=1S/C21H20ClN5O3/c1-12-7-13(2)9-16(8-12)27-20(29)18-19(21(27)30)26(25-24-18)11-17(28)23-10-14-3-5-15(22)6-4-14/h3-9,18-19H,10-11H2,1-2H3,(H,23,28)/t18-,19-/m1/s1. The van der Waals surface area contributed by atoms with Crippen molar-refractivity contribution in [3.05, 3.63) is 64.2 Å². The Hall–Kier alpha value is -3.26. The molecule has 2 aliphatic heterocycles. The molecule has 30 heavy (non-hydrogen) atoms. The second-order valence-corrected chi connectivity index (χ2v) is 7.89. The fourth-order valence-electron chi connectivity index (χ4n) is 3.69. The van der Waals surface area contributed by atoms with Crippen molar-refractivity contribution >= 4 is 35.0 Å². The molecule has 0 aromatic heterocycles. The summed E-state index contributed by atoms with van der Waals surface area (Å²) < 4.78 is 0. The van der Waals surface area contributed by atoms with E-state index in [1.165, 1.54) is 5.01 Å². The van der Waals surface area contributed by atoms with Crippen molar-refractivity contribution in [3.63, 3.8) is 0 Å². The molecule has 0 spiro atoms. The lowest BCUT2D eigenvalue weighted by atomic mass is 10.1. The van der Waals surface area contributed by atoms with Gasteiger partial charge in [0.2, 0.25) is 5.91 Å². The predicted octanol–water partition coefficient (Wildman–Crippen LogP) is 2.57. The summed E-state index contributed by atoms with van der Waals surface area (Å²) in [4.78, 5) is 39.3. The number of amides is 3. The number of aryl methyl sites for hydroxylation is 2. The number of benzene rings is 2. The third-order valence-corrected chi connectivity index (χ3v) is 5.28. The molecule has 0 saturated carbocycles. The topological polar surface area (TPSA) is 94.4 Å². The Morgan fingerprint density at radius 3 is 2.40 bits per heavy atom. The second kappa shape index (κ2) is 7.87. The molecular formula is C21H20ClN5O3. The summed E-state index contributed by atoms with van der Waals surface area (Å²) >= 11 is 5.86. The van der Waals surface area contributed by atoms with Gasteiger partial charge in [0.05, 0.1) is 5.69 Å². The third-order valence-electron chi connectivity index (χ3n) is 5.03. The van der Waals surface area contributed by atoms with E-state index in [4.69, 9.17) is 11.6 Å². The molecule has 2 aliphatic rings. The van der Waals surface area contributed by atoms with Crippen LogP contribution in [0.15, 0.2) is 52.8 Å². The molecule has 2 aromatic rings. The molecule has 2 atom stereocenters. The number of carbonyl (C=O) groups excluding carboxylic acids is 3. The maximum Gasteiger partial charge on any atom is 0.263 e. The monoisotopic (exact) mass is 425 g/mol. The quantitative estimate of drug-likeness (QED) is 0.745. The molecule has 0 radical (unpaired) electrons. The molecule has 0 bridgehead atoms. The average molecular weight is 426 g/mol. The number of carbonyl (C=O) groups is 3. The summed E-state index contributed by atoms with van der Waals surface area (Å²) in [6.45, 7) is 3.95. The van der Waals surface area contributed by atoms with Crippen LogP contribution in [0.1, 0.15) is 16.7 Å². The van der Waals surface area contributed by atoms with Gasteiger partial charge in [-0.2, -0.15) is 5.11 Å². The van der Waals surface area contributed by atoms with E-state index in [1.807, 2.05) is 32.0 Å². The zero-order valence-corrected chi connectivity index (χ0v) is 17.3. The number of nitrogens with one attached hydrogen (secondary N) is 1. The number of imide groups is 1. The average Bonchev–Trinajstić information content (AvgIpc) is 3.20. The number of rotatable bonds is 5. The lowest BCUT2D eigenvalue weighted by molar-refractivity contribution is -0.125. The fraction of sp³-hybridized carbons (Fsp3) is 0.286. The molecule has 2 heterocycles. The minimum atomic E-state index is -0.928. The number of hydrogen-bond donors (Lipinski definition) is 1. The van der Waals surface area contributed by atoms with Gasteiger partial charge in [0.1, 0.15) is 6.54 Å². The van der Waals surface area contributed by atoms with Gasteiger partial charge in [0.25, 0.3) is 11.8 Å². The van der Waals surface area contributed by atoms with Crippen LogP contribution in [-0.2, 0) is 20.9 Å². The van der Waals surface area contributed by atoms with Crippen molar-refractivity contribution in [2.45, 2.75) is 32.5 Å². The molecule has 0 aliphatic carbocycles. The second-order valence-electron chi connectivity index (χ2n) is 7.45. The molecule has 2 aromatic carbocycles. The van der Waals surface area contributed by atoms with Crippen LogP contribution in [0, 0.1) is 13.8 Å². The molecule has 0 unspecified atom stereocenters. The Bertz CT molecular complexity index is 1030. The zero-order valence-electron chi connectivity index (χ0n) is 16.5. The van der Waals surface area contributed by atoms with E-state index >= 15 is 0 Å². The summed E-state index contributed by atoms with van der Waals surface area (Å²) in [6.07, 6.45) is 0. The van der Waals surface area contributed by atoms with Crippen LogP contribution in [0.2, 0.25) is 5.02 Å². The molecule has 1 N–H and O–H groups in total. The molecule has 154 valence electrons. The predicted molar refractivity (Wildman–Crippen MR) is 111 cm³/mol. The van der Waals surface area contributed by atoms with Gasteiger partial charge in [-0.15, -0.1) is 0 Å². The van der Waals surface area contributed by atoms with Gasteiger partial charge in [-0.1, -0.05) is 35.0 Å². The van der Waals surface area contributed by atoms with Crippen LogP contribution in [-0.4, -0.2) is 41.4 Å². The first-order valence-corrected chi connectivity index (χ1v) is 9.86. The highest BCUT2D eigenvalue weighted by Gasteiger charge is 2.55. The summed E-state index contributed by atoms with van der Waals surface area (Å²) in [7, 11) is 0. The largest absolute Gasteiger partial charge is 0.350 e. The number of fused-ring (bicyclic) bond motifs is 1. The lowest BCUT2D eigenvalue weighted by Crippen LogP contribution is -2.44. The van der Waals surface area contributed by atoms with Gasteiger partial charge in [0.15, 0.2) is 12.1 Å². The first kappa shape index (κ1) is 20.0. The molecule has 4 rings (SSSR count). The van der Waals surface area contributed by atoms with Gasteiger partial charge in [0, 0.05) is 11.6 Å². The Morgan fingerprint density at radius 2 is 1.73 bits per heavy atom. The lowest BCUT2D eigenvalue weighted by Gasteiger charge is -2.20. The van der Waals surface area contributed by atoms with Crippen molar-refractivity contribution in [2.75, 3.05) is 11.4 Å². The van der Waals surface area contributed by atoms with E-state index in [0.29, 0.717) is 17.3 Å². The van der Waals surface area contributed by atoms with Gasteiger partial charge in [-0.05, 0) is 54.8 Å². The number of nitrogens with zero attached hydrogens (tertiary/aromatic N) is 4.